The molecule has 2 aromatic carbocycles. The molecule has 2 aromatic rings. The fourth-order valence-electron chi connectivity index (χ4n) is 3.00. The fraction of sp³-hybridized carbons (Fsp3) is 0.455. The Kier molecular flexibility index (Phi) is 8.83. The summed E-state index contributed by atoms with van der Waals surface area (Å²) in [5.41, 5.74) is 1.39. The van der Waals surface area contributed by atoms with Gasteiger partial charge in [0.05, 0.1) is 0 Å². The smallest absolute Gasteiger partial charge is 0.119 e. The van der Waals surface area contributed by atoms with E-state index in [0.29, 0.717) is 18.4 Å². The lowest BCUT2D eigenvalue weighted by molar-refractivity contribution is 0.0750. The molecule has 0 amide bonds. The monoisotopic (exact) mass is 392 g/mol. The van der Waals surface area contributed by atoms with Crippen molar-refractivity contribution in [2.45, 2.75) is 44.1 Å². The van der Waals surface area contributed by atoms with Crippen molar-refractivity contribution in [1.82, 2.24) is 0 Å². The highest BCUT2D eigenvalue weighted by atomic mass is 35.5. The maximum absolute atomic E-state index is 5.94. The van der Waals surface area contributed by atoms with Gasteiger partial charge in [-0.25, -0.2) is 0 Å². The second-order valence-corrected chi connectivity index (χ2v) is 8.29. The van der Waals surface area contributed by atoms with Gasteiger partial charge in [-0.05, 0) is 60.2 Å². The molecule has 2 nitrogen and oxygen atoms in total. The molecular weight excluding hydrogens is 364 g/mol. The number of hydrogen-bond donors (Lipinski definition) is 0. The topological polar surface area (TPSA) is 18.5 Å². The maximum atomic E-state index is 5.94. The Bertz CT molecular complexity index is 640. The normalized spacial score (nSPS) is 13.6. The third-order valence-electron chi connectivity index (χ3n) is 4.57. The predicted molar refractivity (Wildman–Crippen MR) is 113 cm³/mol. The number of ether oxygens (including phenoxy) is 2. The molecule has 0 bridgehead atoms. The van der Waals surface area contributed by atoms with E-state index >= 15 is 0 Å². The summed E-state index contributed by atoms with van der Waals surface area (Å²) in [5, 5.41) is 0.757. The zero-order valence-corrected chi connectivity index (χ0v) is 17.6. The van der Waals surface area contributed by atoms with Gasteiger partial charge in [-0.15, -0.1) is 11.8 Å². The molecule has 0 spiro atoms. The average Bonchev–Trinajstić information content (AvgIpc) is 2.64. The lowest BCUT2D eigenvalue weighted by Crippen LogP contribution is -2.22. The summed E-state index contributed by atoms with van der Waals surface area (Å²) in [6, 6.07) is 16.4. The summed E-state index contributed by atoms with van der Waals surface area (Å²) in [6.45, 7) is 7.34. The van der Waals surface area contributed by atoms with Gasteiger partial charge in [-0.1, -0.05) is 44.5 Å². The number of thioether (sulfide) groups is 1. The third-order valence-corrected chi connectivity index (χ3v) is 5.97. The van der Waals surface area contributed by atoms with E-state index in [-0.39, 0.29) is 6.10 Å². The first-order valence-electron chi connectivity index (χ1n) is 9.17. The first kappa shape index (κ1) is 21.1. The fourth-order valence-corrected chi connectivity index (χ4v) is 4.06. The molecule has 0 saturated carbocycles. The number of benzene rings is 2. The van der Waals surface area contributed by atoms with Crippen LogP contribution in [0.25, 0.3) is 0 Å². The van der Waals surface area contributed by atoms with E-state index < -0.39 is 0 Å². The molecular formula is C22H29ClO2S. The van der Waals surface area contributed by atoms with Gasteiger partial charge in [0.25, 0.3) is 0 Å². The average molecular weight is 393 g/mol. The third kappa shape index (κ3) is 6.53. The van der Waals surface area contributed by atoms with Gasteiger partial charge in [0.1, 0.15) is 18.5 Å². The van der Waals surface area contributed by atoms with E-state index in [2.05, 4.69) is 45.0 Å². The van der Waals surface area contributed by atoms with Gasteiger partial charge < -0.3 is 9.47 Å². The molecule has 0 N–H and O–H groups in total. The van der Waals surface area contributed by atoms with Gasteiger partial charge in [0.15, 0.2) is 0 Å². The molecule has 0 fully saturated rings. The van der Waals surface area contributed by atoms with Gasteiger partial charge in [-0.3, -0.25) is 0 Å². The summed E-state index contributed by atoms with van der Waals surface area (Å²) in [7, 11) is 1.73. The Morgan fingerprint density at radius 3 is 2.19 bits per heavy atom. The second-order valence-electron chi connectivity index (χ2n) is 6.76. The maximum Gasteiger partial charge on any atom is 0.119 e. The van der Waals surface area contributed by atoms with Gasteiger partial charge in [-0.2, -0.15) is 0 Å². The largest absolute Gasteiger partial charge is 0.491 e. The zero-order valence-electron chi connectivity index (χ0n) is 16.1. The van der Waals surface area contributed by atoms with Crippen LogP contribution in [0.4, 0.5) is 0 Å². The van der Waals surface area contributed by atoms with Crippen LogP contribution in [0, 0.1) is 5.92 Å². The summed E-state index contributed by atoms with van der Waals surface area (Å²) >= 11 is 7.67. The van der Waals surface area contributed by atoms with E-state index in [9.17, 15) is 0 Å². The molecule has 26 heavy (non-hydrogen) atoms. The van der Waals surface area contributed by atoms with Crippen molar-refractivity contribution in [3.63, 3.8) is 0 Å². The van der Waals surface area contributed by atoms with Crippen molar-refractivity contribution in [2.75, 3.05) is 19.5 Å². The number of rotatable bonds is 10. The molecule has 2 atom stereocenters. The van der Waals surface area contributed by atoms with E-state index in [0.717, 1.165) is 22.9 Å². The van der Waals surface area contributed by atoms with Crippen LogP contribution in [0.3, 0.4) is 0 Å². The molecule has 0 saturated heterocycles. The van der Waals surface area contributed by atoms with Crippen LogP contribution in [0.5, 0.6) is 5.75 Å². The summed E-state index contributed by atoms with van der Waals surface area (Å²) in [5.74, 6) is 2.98. The molecule has 2 unspecified atom stereocenters. The van der Waals surface area contributed by atoms with Crippen molar-refractivity contribution in [3.05, 3.63) is 59.1 Å². The quantitative estimate of drug-likeness (QED) is 0.420. The molecule has 4 heteroatoms. The number of halogens is 1. The minimum atomic E-state index is 0.0365. The molecule has 2 rings (SSSR count). The highest BCUT2D eigenvalue weighted by Crippen LogP contribution is 2.29. The lowest BCUT2D eigenvalue weighted by atomic mass is 9.86. The van der Waals surface area contributed by atoms with Crippen LogP contribution in [0.15, 0.2) is 53.4 Å². The number of hydrogen-bond acceptors (Lipinski definition) is 3. The van der Waals surface area contributed by atoms with Crippen LogP contribution in [-0.4, -0.2) is 25.6 Å². The van der Waals surface area contributed by atoms with Gasteiger partial charge >= 0.3 is 0 Å². The zero-order chi connectivity index (χ0) is 18.9. The first-order valence-corrected chi connectivity index (χ1v) is 10.5. The van der Waals surface area contributed by atoms with Gasteiger partial charge in [0, 0.05) is 22.8 Å². The molecule has 0 radical (unpaired) electrons. The van der Waals surface area contributed by atoms with E-state index in [1.807, 2.05) is 24.3 Å². The van der Waals surface area contributed by atoms with E-state index in [4.69, 9.17) is 21.1 Å². The van der Waals surface area contributed by atoms with E-state index in [1.165, 1.54) is 10.5 Å². The Hall–Kier alpha value is -1.16. The highest BCUT2D eigenvalue weighted by Gasteiger charge is 2.14. The minimum absolute atomic E-state index is 0.0365. The van der Waals surface area contributed by atoms with Crippen LogP contribution in [0.1, 0.15) is 38.7 Å². The van der Waals surface area contributed by atoms with Crippen molar-refractivity contribution in [1.29, 1.82) is 0 Å². The van der Waals surface area contributed by atoms with E-state index in [1.54, 1.807) is 18.9 Å². The SMILES string of the molecule is CCC(c1ccc(OCC(CSc2ccc(Cl)cc2)OC)cc1)C(C)C. The predicted octanol–water partition coefficient (Wildman–Crippen LogP) is 6.68. The van der Waals surface area contributed by atoms with Crippen LogP contribution in [0.2, 0.25) is 5.02 Å². The molecule has 0 aliphatic heterocycles. The Morgan fingerprint density at radius 2 is 1.65 bits per heavy atom. The van der Waals surface area contributed by atoms with Gasteiger partial charge in [0.2, 0.25) is 0 Å². The van der Waals surface area contributed by atoms with Crippen molar-refractivity contribution < 1.29 is 9.47 Å². The summed E-state index contributed by atoms with van der Waals surface area (Å²) in [6.07, 6.45) is 1.19. The second kappa shape index (κ2) is 10.9. The molecule has 0 heterocycles. The molecule has 0 aromatic heterocycles. The first-order chi connectivity index (χ1) is 12.5. The molecule has 0 aliphatic carbocycles. The van der Waals surface area contributed by atoms with Crippen LogP contribution < -0.4 is 4.74 Å². The van der Waals surface area contributed by atoms with Crippen molar-refractivity contribution in [3.8, 4) is 5.75 Å². The lowest BCUT2D eigenvalue weighted by Gasteiger charge is -2.20. The summed E-state index contributed by atoms with van der Waals surface area (Å²) < 4.78 is 11.5. The van der Waals surface area contributed by atoms with Crippen LogP contribution in [-0.2, 0) is 4.74 Å². The minimum Gasteiger partial charge on any atom is -0.491 e. The van der Waals surface area contributed by atoms with Crippen molar-refractivity contribution in [2.24, 2.45) is 5.92 Å². The Morgan fingerprint density at radius 1 is 1.00 bits per heavy atom. The van der Waals surface area contributed by atoms with Crippen molar-refractivity contribution >= 4 is 23.4 Å². The highest BCUT2D eigenvalue weighted by molar-refractivity contribution is 7.99. The molecule has 142 valence electrons. The number of methoxy groups -OCH3 is 1. The van der Waals surface area contributed by atoms with Crippen LogP contribution >= 0.6 is 23.4 Å². The molecule has 0 aliphatic rings. The summed E-state index contributed by atoms with van der Waals surface area (Å²) in [4.78, 5) is 1.18. The standard InChI is InChI=1S/C22H29ClO2S/c1-5-22(16(2)3)17-6-10-19(11-7-17)25-14-20(24-4)15-26-21-12-8-18(23)9-13-21/h6-13,16,20,22H,5,14-15H2,1-4H3. The Labute approximate surface area is 167 Å². The Balaban J connectivity index is 1.84.